The Bertz CT molecular complexity index is 589. The molecular formula is C18H16. The average molecular weight is 232 g/mol. The van der Waals surface area contributed by atoms with Crippen LogP contribution in [0.2, 0.25) is 0 Å². The highest BCUT2D eigenvalue weighted by Gasteiger charge is 2.08. The molecular weight excluding hydrogens is 216 g/mol. The number of hydrogen-bond donors (Lipinski definition) is 0. The first-order chi connectivity index (χ1) is 8.81. The SMILES string of the molecule is C=Cc1ccc(-c2ccccc2)c(C=C)c1C=C. The molecule has 0 atom stereocenters. The van der Waals surface area contributed by atoms with E-state index in [9.17, 15) is 0 Å². The molecule has 0 saturated carbocycles. The molecule has 88 valence electrons. The van der Waals surface area contributed by atoms with E-state index in [2.05, 4.69) is 44.0 Å². The Morgan fingerprint density at radius 2 is 1.33 bits per heavy atom. The van der Waals surface area contributed by atoms with E-state index in [-0.39, 0.29) is 0 Å². The van der Waals surface area contributed by atoms with Gasteiger partial charge in [-0.1, -0.05) is 80.4 Å². The third kappa shape index (κ3) is 2.05. The zero-order valence-corrected chi connectivity index (χ0v) is 10.4. The molecule has 2 rings (SSSR count). The van der Waals surface area contributed by atoms with E-state index >= 15 is 0 Å². The predicted octanol–water partition coefficient (Wildman–Crippen LogP) is 5.28. The summed E-state index contributed by atoms with van der Waals surface area (Å²) < 4.78 is 0. The van der Waals surface area contributed by atoms with Gasteiger partial charge in [0.05, 0.1) is 0 Å². The van der Waals surface area contributed by atoms with Crippen molar-refractivity contribution in [3.63, 3.8) is 0 Å². The maximum absolute atomic E-state index is 3.92. The summed E-state index contributed by atoms with van der Waals surface area (Å²) in [4.78, 5) is 0. The Morgan fingerprint density at radius 1 is 0.667 bits per heavy atom. The molecule has 0 spiro atoms. The molecule has 0 aliphatic heterocycles. The monoisotopic (exact) mass is 232 g/mol. The summed E-state index contributed by atoms with van der Waals surface area (Å²) >= 11 is 0. The molecule has 18 heavy (non-hydrogen) atoms. The summed E-state index contributed by atoms with van der Waals surface area (Å²) in [5.74, 6) is 0. The first-order valence-electron chi connectivity index (χ1n) is 5.91. The van der Waals surface area contributed by atoms with Crippen molar-refractivity contribution in [3.05, 3.63) is 78.9 Å². The van der Waals surface area contributed by atoms with Crippen molar-refractivity contribution in [2.45, 2.75) is 0 Å². The Balaban J connectivity index is 2.73. The predicted molar refractivity (Wildman–Crippen MR) is 82.2 cm³/mol. The zero-order chi connectivity index (χ0) is 13.0. The minimum Gasteiger partial charge on any atom is -0.0984 e. The Kier molecular flexibility index (Phi) is 3.59. The average Bonchev–Trinajstić information content (AvgIpc) is 2.46. The molecule has 0 heteroatoms. The summed E-state index contributed by atoms with van der Waals surface area (Å²) in [5.41, 5.74) is 5.63. The van der Waals surface area contributed by atoms with Crippen LogP contribution in [0.15, 0.2) is 62.2 Å². The number of rotatable bonds is 4. The molecule has 0 radical (unpaired) electrons. The lowest BCUT2D eigenvalue weighted by Gasteiger charge is -2.12. The van der Waals surface area contributed by atoms with E-state index in [1.54, 1.807) is 0 Å². The van der Waals surface area contributed by atoms with E-state index in [4.69, 9.17) is 0 Å². The molecule has 2 aromatic rings. The quantitative estimate of drug-likeness (QED) is 0.672. The van der Waals surface area contributed by atoms with Gasteiger partial charge in [0.15, 0.2) is 0 Å². The van der Waals surface area contributed by atoms with Gasteiger partial charge in [0.1, 0.15) is 0 Å². The summed E-state index contributed by atoms with van der Waals surface area (Å²) in [5, 5.41) is 0. The fourth-order valence-corrected chi connectivity index (χ4v) is 2.15. The minimum atomic E-state index is 1.08. The van der Waals surface area contributed by atoms with Crippen molar-refractivity contribution >= 4 is 18.2 Å². The van der Waals surface area contributed by atoms with Gasteiger partial charge in [0.2, 0.25) is 0 Å². The Morgan fingerprint density at radius 3 is 1.89 bits per heavy atom. The Labute approximate surface area is 109 Å². The van der Waals surface area contributed by atoms with Crippen LogP contribution < -0.4 is 0 Å². The van der Waals surface area contributed by atoms with E-state index in [0.29, 0.717) is 0 Å². The summed E-state index contributed by atoms with van der Waals surface area (Å²) in [7, 11) is 0. The van der Waals surface area contributed by atoms with Crippen LogP contribution in [-0.2, 0) is 0 Å². The van der Waals surface area contributed by atoms with E-state index in [0.717, 1.165) is 16.7 Å². The van der Waals surface area contributed by atoms with Crippen LogP contribution in [0, 0.1) is 0 Å². The van der Waals surface area contributed by atoms with Crippen LogP contribution in [-0.4, -0.2) is 0 Å². The van der Waals surface area contributed by atoms with Crippen LogP contribution in [0.4, 0.5) is 0 Å². The molecule has 0 bridgehead atoms. The van der Waals surface area contributed by atoms with Gasteiger partial charge in [0, 0.05) is 0 Å². The van der Waals surface area contributed by atoms with Crippen molar-refractivity contribution < 1.29 is 0 Å². The molecule has 0 N–H and O–H groups in total. The van der Waals surface area contributed by atoms with E-state index in [1.807, 2.05) is 36.4 Å². The maximum atomic E-state index is 3.92. The second-order valence-electron chi connectivity index (χ2n) is 4.01. The van der Waals surface area contributed by atoms with Crippen molar-refractivity contribution in [2.24, 2.45) is 0 Å². The van der Waals surface area contributed by atoms with Crippen LogP contribution in [0.25, 0.3) is 29.4 Å². The first kappa shape index (κ1) is 12.1. The normalized spacial score (nSPS) is 9.78. The molecule has 0 heterocycles. The smallest absolute Gasteiger partial charge is 0.0105 e. The molecule has 0 unspecified atom stereocenters. The molecule has 0 amide bonds. The van der Waals surface area contributed by atoms with Gasteiger partial charge in [-0.25, -0.2) is 0 Å². The first-order valence-corrected chi connectivity index (χ1v) is 5.91. The fourth-order valence-electron chi connectivity index (χ4n) is 2.15. The van der Waals surface area contributed by atoms with Gasteiger partial charge in [-0.15, -0.1) is 0 Å². The van der Waals surface area contributed by atoms with Crippen LogP contribution in [0.5, 0.6) is 0 Å². The van der Waals surface area contributed by atoms with Gasteiger partial charge >= 0.3 is 0 Å². The summed E-state index contributed by atoms with van der Waals surface area (Å²) in [6, 6.07) is 14.5. The highest BCUT2D eigenvalue weighted by atomic mass is 14.1. The topological polar surface area (TPSA) is 0 Å². The largest absolute Gasteiger partial charge is 0.0984 e. The second kappa shape index (κ2) is 5.33. The standard InChI is InChI=1S/C18H16/c1-4-14-12-13-18(15-10-8-7-9-11-15)17(6-3)16(14)5-2/h4-13H,1-3H2. The molecule has 0 aromatic heterocycles. The van der Waals surface area contributed by atoms with Crippen molar-refractivity contribution in [3.8, 4) is 11.1 Å². The van der Waals surface area contributed by atoms with Gasteiger partial charge in [-0.2, -0.15) is 0 Å². The molecule has 2 aromatic carbocycles. The second-order valence-corrected chi connectivity index (χ2v) is 4.01. The summed E-state index contributed by atoms with van der Waals surface area (Å²) in [6.45, 7) is 11.6. The summed E-state index contributed by atoms with van der Waals surface area (Å²) in [6.07, 6.45) is 5.59. The van der Waals surface area contributed by atoms with Gasteiger partial charge in [-0.3, -0.25) is 0 Å². The molecule has 0 aliphatic carbocycles. The molecule has 0 nitrogen and oxygen atoms in total. The number of hydrogen-bond acceptors (Lipinski definition) is 0. The van der Waals surface area contributed by atoms with Gasteiger partial charge in [-0.05, 0) is 27.8 Å². The van der Waals surface area contributed by atoms with E-state index in [1.165, 1.54) is 11.1 Å². The van der Waals surface area contributed by atoms with Crippen LogP contribution >= 0.6 is 0 Å². The third-order valence-corrected chi connectivity index (χ3v) is 3.03. The van der Waals surface area contributed by atoms with Crippen LogP contribution in [0.3, 0.4) is 0 Å². The minimum absolute atomic E-state index is 1.08. The van der Waals surface area contributed by atoms with Crippen molar-refractivity contribution in [1.29, 1.82) is 0 Å². The van der Waals surface area contributed by atoms with Crippen molar-refractivity contribution in [1.82, 2.24) is 0 Å². The Hall–Kier alpha value is -2.34. The number of benzene rings is 2. The lowest BCUT2D eigenvalue weighted by Crippen LogP contribution is -1.91. The van der Waals surface area contributed by atoms with Gasteiger partial charge < -0.3 is 0 Å². The lowest BCUT2D eigenvalue weighted by molar-refractivity contribution is 1.54. The highest BCUT2D eigenvalue weighted by molar-refractivity contribution is 5.84. The van der Waals surface area contributed by atoms with Crippen molar-refractivity contribution in [2.75, 3.05) is 0 Å². The van der Waals surface area contributed by atoms with Gasteiger partial charge in [0.25, 0.3) is 0 Å². The molecule has 0 saturated heterocycles. The molecule has 0 aliphatic rings. The lowest BCUT2D eigenvalue weighted by atomic mass is 9.92. The fraction of sp³-hybridized carbons (Fsp3) is 0. The van der Waals surface area contributed by atoms with Crippen LogP contribution in [0.1, 0.15) is 16.7 Å². The maximum Gasteiger partial charge on any atom is -0.0105 e. The zero-order valence-electron chi connectivity index (χ0n) is 10.4. The van der Waals surface area contributed by atoms with E-state index < -0.39 is 0 Å². The third-order valence-electron chi connectivity index (χ3n) is 3.03. The highest BCUT2D eigenvalue weighted by Crippen LogP contribution is 2.30. The molecule has 0 fully saturated rings.